The lowest BCUT2D eigenvalue weighted by molar-refractivity contribution is 0.358. The molecule has 0 aromatic carbocycles. The number of hydrogen-bond acceptors (Lipinski definition) is 6. The van der Waals surface area contributed by atoms with E-state index < -0.39 is 0 Å². The number of aromatic nitrogens is 2. The number of amidine groups is 1. The molecule has 2 aliphatic rings. The van der Waals surface area contributed by atoms with Gasteiger partial charge in [-0.05, 0) is 18.3 Å². The zero-order valence-electron chi connectivity index (χ0n) is 10.4. The minimum atomic E-state index is 0.517. The fraction of sp³-hybridized carbons (Fsp3) is 0.750. The highest BCUT2D eigenvalue weighted by Crippen LogP contribution is 2.43. The summed E-state index contributed by atoms with van der Waals surface area (Å²) in [4.78, 5) is 8.68. The van der Waals surface area contributed by atoms with Crippen LogP contribution in [-0.2, 0) is 6.42 Å². The topological polar surface area (TPSA) is 63.3 Å². The molecule has 3 rings (SSSR count). The summed E-state index contributed by atoms with van der Waals surface area (Å²) in [6.07, 6.45) is 7.64. The normalized spacial score (nSPS) is 22.1. The van der Waals surface area contributed by atoms with E-state index in [2.05, 4.69) is 20.4 Å². The van der Waals surface area contributed by atoms with Crippen LogP contribution < -0.4 is 5.32 Å². The zero-order chi connectivity index (χ0) is 12.3. The predicted octanol–water partition coefficient (Wildman–Crippen LogP) is 1.86. The maximum absolute atomic E-state index is 4.70. The van der Waals surface area contributed by atoms with Crippen molar-refractivity contribution in [1.82, 2.24) is 15.5 Å². The van der Waals surface area contributed by atoms with Crippen LogP contribution in [0.25, 0.3) is 0 Å². The third-order valence-corrected chi connectivity index (χ3v) is 5.07. The first-order chi connectivity index (χ1) is 8.86. The highest BCUT2D eigenvalue weighted by atomic mass is 32.2. The molecule has 98 valence electrons. The first-order valence-electron chi connectivity index (χ1n) is 6.53. The monoisotopic (exact) mass is 266 g/mol. The van der Waals surface area contributed by atoms with Crippen molar-refractivity contribution in [3.05, 3.63) is 12.2 Å². The second kappa shape index (κ2) is 5.30. The Bertz CT molecular complexity index is 412. The van der Waals surface area contributed by atoms with Gasteiger partial charge >= 0.3 is 0 Å². The molecule has 1 aromatic heterocycles. The van der Waals surface area contributed by atoms with Gasteiger partial charge in [0.1, 0.15) is 0 Å². The second-order valence-corrected chi connectivity index (χ2v) is 6.11. The molecule has 1 saturated carbocycles. The van der Waals surface area contributed by atoms with Crippen LogP contribution in [0.3, 0.4) is 0 Å². The molecule has 18 heavy (non-hydrogen) atoms. The third-order valence-electron chi connectivity index (χ3n) is 3.77. The van der Waals surface area contributed by atoms with E-state index in [1.165, 1.54) is 37.8 Å². The van der Waals surface area contributed by atoms with Crippen molar-refractivity contribution in [2.24, 2.45) is 10.4 Å². The van der Waals surface area contributed by atoms with Gasteiger partial charge in [0.05, 0.1) is 0 Å². The van der Waals surface area contributed by atoms with Crippen LogP contribution in [0.4, 0.5) is 0 Å². The van der Waals surface area contributed by atoms with E-state index in [9.17, 15) is 0 Å². The summed E-state index contributed by atoms with van der Waals surface area (Å²) < 4.78 is 4.70. The smallest absolute Gasteiger partial charge is 0.213 e. The van der Waals surface area contributed by atoms with Crippen LogP contribution in [0.2, 0.25) is 0 Å². The number of nitrogens with zero attached hydrogens (tertiary/aromatic N) is 3. The summed E-state index contributed by atoms with van der Waals surface area (Å²) in [6, 6.07) is 0. The number of nitrogens with one attached hydrogen (secondary N) is 1. The van der Waals surface area contributed by atoms with E-state index in [0.717, 1.165) is 30.5 Å². The van der Waals surface area contributed by atoms with E-state index in [1.807, 2.05) is 11.8 Å². The number of thioether (sulfide) groups is 1. The molecule has 0 atom stereocenters. The van der Waals surface area contributed by atoms with Crippen molar-refractivity contribution in [1.29, 1.82) is 0 Å². The van der Waals surface area contributed by atoms with Gasteiger partial charge in [0.25, 0.3) is 0 Å². The first kappa shape index (κ1) is 12.0. The van der Waals surface area contributed by atoms with Gasteiger partial charge in [0.15, 0.2) is 11.0 Å². The Labute approximate surface area is 111 Å². The number of hydrogen-bond donors (Lipinski definition) is 1. The molecule has 0 radical (unpaired) electrons. The SMILES string of the molecule is c1nc(CCNC2=NCC3(CCCC3)CS2)no1. The van der Waals surface area contributed by atoms with Crippen LogP contribution >= 0.6 is 11.8 Å². The first-order valence-corrected chi connectivity index (χ1v) is 7.51. The van der Waals surface area contributed by atoms with Crippen molar-refractivity contribution in [2.75, 3.05) is 18.8 Å². The Morgan fingerprint density at radius 2 is 2.28 bits per heavy atom. The maximum atomic E-state index is 4.70. The summed E-state index contributed by atoms with van der Waals surface area (Å²) in [5, 5.41) is 8.22. The highest BCUT2D eigenvalue weighted by molar-refractivity contribution is 8.13. The van der Waals surface area contributed by atoms with E-state index in [1.54, 1.807) is 0 Å². The summed E-state index contributed by atoms with van der Waals surface area (Å²) in [5.41, 5.74) is 0.517. The molecule has 6 heteroatoms. The summed E-state index contributed by atoms with van der Waals surface area (Å²) in [5.74, 6) is 1.97. The lowest BCUT2D eigenvalue weighted by Crippen LogP contribution is -2.34. The lowest BCUT2D eigenvalue weighted by Gasteiger charge is -2.31. The molecule has 1 aromatic rings. The van der Waals surface area contributed by atoms with Gasteiger partial charge in [0.2, 0.25) is 6.39 Å². The molecule has 0 unspecified atom stereocenters. The quantitative estimate of drug-likeness (QED) is 0.904. The zero-order valence-corrected chi connectivity index (χ0v) is 11.2. The summed E-state index contributed by atoms with van der Waals surface area (Å²) >= 11 is 1.87. The van der Waals surface area contributed by atoms with E-state index in [4.69, 9.17) is 4.52 Å². The molecule has 2 heterocycles. The van der Waals surface area contributed by atoms with Crippen LogP contribution in [0, 0.1) is 5.41 Å². The van der Waals surface area contributed by atoms with Crippen molar-refractivity contribution in [2.45, 2.75) is 32.1 Å². The molecule has 5 nitrogen and oxygen atoms in total. The molecular weight excluding hydrogens is 248 g/mol. The van der Waals surface area contributed by atoms with Crippen LogP contribution in [0.1, 0.15) is 31.5 Å². The van der Waals surface area contributed by atoms with Crippen LogP contribution in [0.5, 0.6) is 0 Å². The van der Waals surface area contributed by atoms with Gasteiger partial charge in [-0.15, -0.1) is 0 Å². The van der Waals surface area contributed by atoms with Crippen LogP contribution in [0.15, 0.2) is 15.9 Å². The predicted molar refractivity (Wildman–Crippen MR) is 71.7 cm³/mol. The fourth-order valence-electron chi connectivity index (χ4n) is 2.67. The maximum Gasteiger partial charge on any atom is 0.213 e. The average molecular weight is 266 g/mol. The molecule has 0 amide bonds. The standard InChI is InChI=1S/C12H18N4OS/c1-2-5-12(4-1)7-14-11(18-8-12)13-6-3-10-15-9-17-16-10/h9H,1-8H2,(H,13,14). The average Bonchev–Trinajstić information content (AvgIpc) is 3.04. The van der Waals surface area contributed by atoms with Crippen LogP contribution in [-0.4, -0.2) is 34.2 Å². The number of rotatable bonds is 3. The third kappa shape index (κ3) is 2.68. The molecule has 1 N–H and O–H groups in total. The van der Waals surface area contributed by atoms with Gasteiger partial charge in [-0.2, -0.15) is 4.98 Å². The van der Waals surface area contributed by atoms with Gasteiger partial charge in [-0.3, -0.25) is 4.99 Å². The van der Waals surface area contributed by atoms with Crippen molar-refractivity contribution in [3.8, 4) is 0 Å². The van der Waals surface area contributed by atoms with E-state index in [0.29, 0.717) is 5.41 Å². The largest absolute Gasteiger partial charge is 0.364 e. The molecular formula is C12H18N4OS. The van der Waals surface area contributed by atoms with Gasteiger partial charge in [-0.1, -0.05) is 29.8 Å². The molecule has 0 bridgehead atoms. The van der Waals surface area contributed by atoms with Gasteiger partial charge < -0.3 is 9.84 Å². The second-order valence-electron chi connectivity index (χ2n) is 5.14. The van der Waals surface area contributed by atoms with E-state index in [-0.39, 0.29) is 0 Å². The Kier molecular flexibility index (Phi) is 3.54. The molecule has 1 aliphatic heterocycles. The van der Waals surface area contributed by atoms with Crippen molar-refractivity contribution >= 4 is 16.9 Å². The minimum absolute atomic E-state index is 0.517. The minimum Gasteiger partial charge on any atom is -0.364 e. The molecule has 1 spiro atoms. The Balaban J connectivity index is 1.45. The molecule has 0 saturated heterocycles. The summed E-state index contributed by atoms with van der Waals surface area (Å²) in [7, 11) is 0. The Morgan fingerprint density at radius 3 is 2.94 bits per heavy atom. The van der Waals surface area contributed by atoms with Crippen molar-refractivity contribution in [3.63, 3.8) is 0 Å². The number of aliphatic imine (C=N–C) groups is 1. The van der Waals surface area contributed by atoms with Crippen molar-refractivity contribution < 1.29 is 4.52 Å². The highest BCUT2D eigenvalue weighted by Gasteiger charge is 2.36. The van der Waals surface area contributed by atoms with E-state index >= 15 is 0 Å². The fourth-order valence-corrected chi connectivity index (χ4v) is 3.85. The lowest BCUT2D eigenvalue weighted by atomic mass is 9.89. The van der Waals surface area contributed by atoms with Gasteiger partial charge in [0, 0.05) is 25.3 Å². The Morgan fingerprint density at radius 1 is 1.39 bits per heavy atom. The Hall–Kier alpha value is -1.04. The summed E-state index contributed by atoms with van der Waals surface area (Å²) in [6.45, 7) is 1.82. The molecule has 1 fully saturated rings. The van der Waals surface area contributed by atoms with Gasteiger partial charge in [-0.25, -0.2) is 0 Å². The molecule has 1 aliphatic carbocycles.